The Morgan fingerprint density at radius 3 is 3.00 bits per heavy atom. The largest absolute Gasteiger partial charge is 0.387 e. The zero-order valence-corrected chi connectivity index (χ0v) is 9.14. The number of thiocarbonyl (C=S) groups is 1. The normalized spacial score (nSPS) is 12.1. The second kappa shape index (κ2) is 4.85. The Morgan fingerprint density at radius 2 is 2.43 bits per heavy atom. The van der Waals surface area contributed by atoms with Gasteiger partial charge in [-0.2, -0.15) is 0 Å². The van der Waals surface area contributed by atoms with E-state index in [0.717, 1.165) is 12.2 Å². The third-order valence-electron chi connectivity index (χ3n) is 1.88. The van der Waals surface area contributed by atoms with Crippen molar-refractivity contribution in [3.05, 3.63) is 18.1 Å². The summed E-state index contributed by atoms with van der Waals surface area (Å²) in [7, 11) is 0. The molecule has 0 saturated carbocycles. The molecule has 76 valence electrons. The van der Waals surface area contributed by atoms with Crippen LogP contribution in [0.5, 0.6) is 0 Å². The fourth-order valence-electron chi connectivity index (χ4n) is 0.912. The highest BCUT2D eigenvalue weighted by molar-refractivity contribution is 7.80. The standard InChI is InChI=1S/C9H14N4S/c1-3-6(2)12-7-4-5-11-9(13-7)8(10)14/h4-6H,3H2,1-2H3,(H2,10,14)(H,11,12,13). The van der Waals surface area contributed by atoms with Gasteiger partial charge in [0.05, 0.1) is 0 Å². The monoisotopic (exact) mass is 210 g/mol. The number of nitrogens with two attached hydrogens (primary N) is 1. The predicted octanol–water partition coefficient (Wildman–Crippen LogP) is 1.32. The summed E-state index contributed by atoms with van der Waals surface area (Å²) < 4.78 is 0. The molecule has 0 aromatic carbocycles. The second-order valence-corrected chi connectivity index (χ2v) is 3.52. The smallest absolute Gasteiger partial charge is 0.188 e. The fourth-order valence-corrected chi connectivity index (χ4v) is 1.01. The molecule has 0 aliphatic carbocycles. The van der Waals surface area contributed by atoms with E-state index in [4.69, 9.17) is 18.0 Å². The van der Waals surface area contributed by atoms with E-state index in [1.165, 1.54) is 0 Å². The lowest BCUT2D eigenvalue weighted by molar-refractivity contribution is 0.758. The van der Waals surface area contributed by atoms with Gasteiger partial charge in [0.15, 0.2) is 5.82 Å². The van der Waals surface area contributed by atoms with Crippen LogP contribution in [0.1, 0.15) is 26.1 Å². The molecule has 0 fully saturated rings. The van der Waals surface area contributed by atoms with Gasteiger partial charge in [-0.15, -0.1) is 0 Å². The molecule has 0 saturated heterocycles. The van der Waals surface area contributed by atoms with Gasteiger partial charge in [0.25, 0.3) is 0 Å². The molecule has 3 N–H and O–H groups in total. The van der Waals surface area contributed by atoms with Crippen molar-refractivity contribution in [2.45, 2.75) is 26.3 Å². The third kappa shape index (κ3) is 2.92. The zero-order chi connectivity index (χ0) is 10.6. The second-order valence-electron chi connectivity index (χ2n) is 3.08. The first-order valence-electron chi connectivity index (χ1n) is 4.53. The first-order valence-corrected chi connectivity index (χ1v) is 4.93. The maximum Gasteiger partial charge on any atom is 0.188 e. The van der Waals surface area contributed by atoms with Crippen molar-refractivity contribution in [2.75, 3.05) is 5.32 Å². The first kappa shape index (κ1) is 10.8. The summed E-state index contributed by atoms with van der Waals surface area (Å²) in [5, 5.41) is 3.22. The molecule has 1 atom stereocenters. The van der Waals surface area contributed by atoms with Gasteiger partial charge in [0.1, 0.15) is 10.8 Å². The lowest BCUT2D eigenvalue weighted by Gasteiger charge is -2.11. The van der Waals surface area contributed by atoms with Gasteiger partial charge >= 0.3 is 0 Å². The topological polar surface area (TPSA) is 63.8 Å². The minimum Gasteiger partial charge on any atom is -0.387 e. The maximum absolute atomic E-state index is 5.42. The van der Waals surface area contributed by atoms with Crippen LogP contribution >= 0.6 is 12.2 Å². The van der Waals surface area contributed by atoms with Crippen molar-refractivity contribution >= 4 is 23.0 Å². The molecule has 1 unspecified atom stereocenters. The average molecular weight is 210 g/mol. The van der Waals surface area contributed by atoms with Gasteiger partial charge in [0.2, 0.25) is 0 Å². The Bertz CT molecular complexity index is 326. The Kier molecular flexibility index (Phi) is 3.76. The van der Waals surface area contributed by atoms with E-state index < -0.39 is 0 Å². The van der Waals surface area contributed by atoms with Crippen LogP contribution in [0.4, 0.5) is 5.82 Å². The molecule has 0 spiro atoms. The van der Waals surface area contributed by atoms with Crippen molar-refractivity contribution < 1.29 is 0 Å². The van der Waals surface area contributed by atoms with Crippen LogP contribution in [0.3, 0.4) is 0 Å². The first-order chi connectivity index (χ1) is 6.63. The molecule has 0 bridgehead atoms. The molecule has 5 heteroatoms. The van der Waals surface area contributed by atoms with Crippen LogP contribution in [0.25, 0.3) is 0 Å². The molecule has 1 heterocycles. The number of nitrogens with zero attached hydrogens (tertiary/aromatic N) is 2. The molecule has 14 heavy (non-hydrogen) atoms. The van der Waals surface area contributed by atoms with E-state index in [0.29, 0.717) is 11.9 Å². The summed E-state index contributed by atoms with van der Waals surface area (Å²) in [6.07, 6.45) is 2.68. The lowest BCUT2D eigenvalue weighted by Crippen LogP contribution is -2.18. The molecule has 1 aromatic heterocycles. The van der Waals surface area contributed by atoms with Gasteiger partial charge in [0, 0.05) is 12.2 Å². The Morgan fingerprint density at radius 1 is 1.71 bits per heavy atom. The summed E-state index contributed by atoms with van der Waals surface area (Å²) in [6, 6.07) is 2.18. The van der Waals surface area contributed by atoms with Crippen LogP contribution in [0.2, 0.25) is 0 Å². The fraction of sp³-hybridized carbons (Fsp3) is 0.444. The minimum absolute atomic E-state index is 0.220. The molecular formula is C9H14N4S. The van der Waals surface area contributed by atoms with E-state index in [2.05, 4.69) is 29.1 Å². The molecule has 1 rings (SSSR count). The Labute approximate surface area is 88.9 Å². The molecule has 0 aliphatic heterocycles. The summed E-state index contributed by atoms with van der Waals surface area (Å²) >= 11 is 4.79. The maximum atomic E-state index is 5.42. The molecule has 0 radical (unpaired) electrons. The highest BCUT2D eigenvalue weighted by Crippen LogP contribution is 2.05. The van der Waals surface area contributed by atoms with E-state index in [9.17, 15) is 0 Å². The zero-order valence-electron chi connectivity index (χ0n) is 8.32. The van der Waals surface area contributed by atoms with Crippen molar-refractivity contribution in [1.82, 2.24) is 9.97 Å². The van der Waals surface area contributed by atoms with Gasteiger partial charge in [-0.1, -0.05) is 19.1 Å². The average Bonchev–Trinajstić information content (AvgIpc) is 2.18. The number of hydrogen-bond acceptors (Lipinski definition) is 4. The quantitative estimate of drug-likeness (QED) is 0.734. The van der Waals surface area contributed by atoms with E-state index in [-0.39, 0.29) is 4.99 Å². The van der Waals surface area contributed by atoms with E-state index in [1.54, 1.807) is 12.3 Å². The van der Waals surface area contributed by atoms with Gasteiger partial charge < -0.3 is 11.1 Å². The van der Waals surface area contributed by atoms with Gasteiger partial charge in [-0.25, -0.2) is 9.97 Å². The van der Waals surface area contributed by atoms with Crippen LogP contribution < -0.4 is 11.1 Å². The van der Waals surface area contributed by atoms with Crippen molar-refractivity contribution in [3.8, 4) is 0 Å². The lowest BCUT2D eigenvalue weighted by atomic mass is 10.2. The number of anilines is 1. The van der Waals surface area contributed by atoms with Gasteiger partial charge in [-0.3, -0.25) is 0 Å². The van der Waals surface area contributed by atoms with Crippen LogP contribution in [-0.4, -0.2) is 21.0 Å². The predicted molar refractivity (Wildman–Crippen MR) is 61.3 cm³/mol. The highest BCUT2D eigenvalue weighted by Gasteiger charge is 2.03. The highest BCUT2D eigenvalue weighted by atomic mass is 32.1. The third-order valence-corrected chi connectivity index (χ3v) is 2.07. The molecule has 4 nitrogen and oxygen atoms in total. The number of nitrogens with one attached hydrogen (secondary N) is 1. The molecule has 1 aromatic rings. The number of aromatic nitrogens is 2. The summed E-state index contributed by atoms with van der Waals surface area (Å²) in [6.45, 7) is 4.19. The number of hydrogen-bond donors (Lipinski definition) is 2. The van der Waals surface area contributed by atoms with Crippen molar-refractivity contribution in [2.24, 2.45) is 5.73 Å². The molecule has 0 aliphatic rings. The summed E-state index contributed by atoms with van der Waals surface area (Å²) in [5.74, 6) is 1.17. The molecule has 0 amide bonds. The van der Waals surface area contributed by atoms with E-state index >= 15 is 0 Å². The Hall–Kier alpha value is -1.23. The van der Waals surface area contributed by atoms with Crippen molar-refractivity contribution in [1.29, 1.82) is 0 Å². The minimum atomic E-state index is 0.220. The molecular weight excluding hydrogens is 196 g/mol. The SMILES string of the molecule is CCC(C)Nc1ccnc(C(N)=S)n1. The summed E-state index contributed by atoms with van der Waals surface area (Å²) in [4.78, 5) is 8.35. The van der Waals surface area contributed by atoms with Gasteiger partial charge in [-0.05, 0) is 19.4 Å². The van der Waals surface area contributed by atoms with Crippen molar-refractivity contribution in [3.63, 3.8) is 0 Å². The van der Waals surface area contributed by atoms with E-state index in [1.807, 2.05) is 0 Å². The Balaban J connectivity index is 2.78. The number of rotatable bonds is 4. The van der Waals surface area contributed by atoms with Crippen LogP contribution in [0.15, 0.2) is 12.3 Å². The summed E-state index contributed by atoms with van der Waals surface area (Å²) in [5.41, 5.74) is 5.42. The van der Waals surface area contributed by atoms with Crippen LogP contribution in [-0.2, 0) is 0 Å². The van der Waals surface area contributed by atoms with Crippen LogP contribution in [0, 0.1) is 0 Å².